The van der Waals surface area contributed by atoms with Gasteiger partial charge in [0.05, 0.1) is 13.2 Å². The summed E-state index contributed by atoms with van der Waals surface area (Å²) in [5.41, 5.74) is 0. The number of carbonyl (C=O) groups excluding carboxylic acids is 1. The third-order valence-electron chi connectivity index (χ3n) is 3.33. The van der Waals surface area contributed by atoms with Gasteiger partial charge in [-0.15, -0.1) is 0 Å². The minimum Gasteiger partial charge on any atom is -0.378 e. The van der Waals surface area contributed by atoms with E-state index in [1.807, 2.05) is 20.8 Å². The highest BCUT2D eigenvalue weighted by molar-refractivity contribution is 6.60. The van der Waals surface area contributed by atoms with Crippen LogP contribution in [0.2, 0.25) is 6.04 Å². The fourth-order valence-electron chi connectivity index (χ4n) is 2.38. The Labute approximate surface area is 134 Å². The number of urea groups is 1. The number of hydrogen-bond acceptors (Lipinski definition) is 5. The largest absolute Gasteiger partial charge is 0.500 e. The number of amides is 2. The summed E-state index contributed by atoms with van der Waals surface area (Å²) < 4.78 is 22.6. The summed E-state index contributed by atoms with van der Waals surface area (Å²) in [6.45, 7) is 10.7. The van der Waals surface area contributed by atoms with E-state index in [9.17, 15) is 4.79 Å². The average Bonchev–Trinajstić information content (AvgIpc) is 2.53. The number of hydrogen-bond donors (Lipinski definition) is 1. The first-order chi connectivity index (χ1) is 10.7. The standard InChI is InChI=1S/C14H30N2O5Si/c1-4-19-22(20-5-2,21-6-3)13-7-8-15-14(17)16-9-11-18-12-10-16/h4-13H2,1-3H3,(H,15,17). The summed E-state index contributed by atoms with van der Waals surface area (Å²) in [5, 5.41) is 2.94. The zero-order valence-electron chi connectivity index (χ0n) is 14.1. The van der Waals surface area contributed by atoms with Crippen molar-refractivity contribution in [1.29, 1.82) is 0 Å². The molecule has 1 N–H and O–H groups in total. The molecule has 1 rings (SSSR count). The highest BCUT2D eigenvalue weighted by atomic mass is 28.4. The van der Waals surface area contributed by atoms with Crippen LogP contribution in [0.3, 0.4) is 0 Å². The van der Waals surface area contributed by atoms with Gasteiger partial charge < -0.3 is 28.2 Å². The Morgan fingerprint density at radius 1 is 1.09 bits per heavy atom. The SMILES string of the molecule is CCO[Si](CCCNC(=O)N1CCOCC1)(OCC)OCC. The molecule has 0 aromatic heterocycles. The van der Waals surface area contributed by atoms with Crippen molar-refractivity contribution in [2.45, 2.75) is 33.2 Å². The molecule has 22 heavy (non-hydrogen) atoms. The second-order valence-corrected chi connectivity index (χ2v) is 7.65. The van der Waals surface area contributed by atoms with Gasteiger partial charge in [0.1, 0.15) is 0 Å². The quantitative estimate of drug-likeness (QED) is 0.484. The van der Waals surface area contributed by atoms with E-state index in [4.69, 9.17) is 18.0 Å². The molecule has 0 radical (unpaired) electrons. The Morgan fingerprint density at radius 3 is 2.14 bits per heavy atom. The van der Waals surface area contributed by atoms with Gasteiger partial charge in [-0.05, 0) is 27.2 Å². The molecule has 0 spiro atoms. The van der Waals surface area contributed by atoms with E-state index in [0.717, 1.165) is 6.42 Å². The van der Waals surface area contributed by atoms with Crippen LogP contribution in [0.25, 0.3) is 0 Å². The van der Waals surface area contributed by atoms with Crippen molar-refractivity contribution in [3.05, 3.63) is 0 Å². The van der Waals surface area contributed by atoms with Gasteiger partial charge in [0.15, 0.2) is 0 Å². The first kappa shape index (κ1) is 19.4. The van der Waals surface area contributed by atoms with Gasteiger partial charge >= 0.3 is 14.8 Å². The van der Waals surface area contributed by atoms with Gasteiger partial charge in [-0.2, -0.15) is 0 Å². The molecule has 0 aromatic carbocycles. The highest BCUT2D eigenvalue weighted by Gasteiger charge is 2.39. The highest BCUT2D eigenvalue weighted by Crippen LogP contribution is 2.17. The topological polar surface area (TPSA) is 69.3 Å². The smallest absolute Gasteiger partial charge is 0.378 e. The Bertz CT molecular complexity index is 297. The number of nitrogens with zero attached hydrogens (tertiary/aromatic N) is 1. The molecule has 130 valence electrons. The van der Waals surface area contributed by atoms with Gasteiger partial charge in [0, 0.05) is 45.5 Å². The van der Waals surface area contributed by atoms with Crippen LogP contribution in [0.1, 0.15) is 27.2 Å². The summed E-state index contributed by atoms with van der Waals surface area (Å²) in [5.74, 6) is 0. The van der Waals surface area contributed by atoms with E-state index < -0.39 is 8.80 Å². The summed E-state index contributed by atoms with van der Waals surface area (Å²) in [6.07, 6.45) is 0.780. The number of carbonyl (C=O) groups is 1. The van der Waals surface area contributed by atoms with E-state index in [2.05, 4.69) is 5.32 Å². The minimum absolute atomic E-state index is 0.0280. The number of rotatable bonds is 10. The molecular weight excluding hydrogens is 304 g/mol. The lowest BCUT2D eigenvalue weighted by Gasteiger charge is -2.29. The van der Waals surface area contributed by atoms with E-state index in [1.54, 1.807) is 4.90 Å². The molecule has 1 aliphatic heterocycles. The van der Waals surface area contributed by atoms with E-state index >= 15 is 0 Å². The van der Waals surface area contributed by atoms with Crippen LogP contribution in [0.4, 0.5) is 4.79 Å². The third kappa shape index (κ3) is 6.61. The molecule has 1 fully saturated rings. The van der Waals surface area contributed by atoms with Crippen LogP contribution in [0.5, 0.6) is 0 Å². The first-order valence-electron chi connectivity index (χ1n) is 8.19. The normalized spacial score (nSPS) is 15.9. The molecule has 7 nitrogen and oxygen atoms in total. The zero-order valence-corrected chi connectivity index (χ0v) is 15.1. The fourth-order valence-corrected chi connectivity index (χ4v) is 4.99. The molecule has 1 saturated heterocycles. The monoisotopic (exact) mass is 334 g/mol. The van der Waals surface area contributed by atoms with Crippen molar-refractivity contribution in [3.8, 4) is 0 Å². The molecular formula is C14H30N2O5Si. The Hall–Kier alpha value is -0.673. The van der Waals surface area contributed by atoms with Gasteiger partial charge in [0.2, 0.25) is 0 Å². The van der Waals surface area contributed by atoms with Crippen molar-refractivity contribution >= 4 is 14.8 Å². The van der Waals surface area contributed by atoms with Gasteiger partial charge in [-0.25, -0.2) is 4.79 Å². The van der Waals surface area contributed by atoms with Gasteiger partial charge in [0.25, 0.3) is 0 Å². The molecule has 0 atom stereocenters. The van der Waals surface area contributed by atoms with Crippen molar-refractivity contribution < 1.29 is 22.8 Å². The predicted octanol–water partition coefficient (Wildman–Crippen LogP) is 1.47. The Kier molecular flexibility index (Phi) is 9.65. The zero-order chi connectivity index (χ0) is 16.3. The molecule has 0 aliphatic carbocycles. The molecule has 0 bridgehead atoms. The molecule has 0 aromatic rings. The summed E-state index contributed by atoms with van der Waals surface area (Å²) in [7, 11) is -2.59. The number of ether oxygens (including phenoxy) is 1. The summed E-state index contributed by atoms with van der Waals surface area (Å²) >= 11 is 0. The lowest BCUT2D eigenvalue weighted by molar-refractivity contribution is 0.0531. The Balaban J connectivity index is 2.33. The van der Waals surface area contributed by atoms with E-state index in [0.29, 0.717) is 58.7 Å². The molecule has 2 amide bonds. The molecule has 8 heteroatoms. The molecule has 1 heterocycles. The fraction of sp³-hybridized carbons (Fsp3) is 0.929. The van der Waals surface area contributed by atoms with Crippen LogP contribution in [0, 0.1) is 0 Å². The van der Waals surface area contributed by atoms with Crippen molar-refractivity contribution in [2.24, 2.45) is 0 Å². The van der Waals surface area contributed by atoms with E-state index in [-0.39, 0.29) is 6.03 Å². The van der Waals surface area contributed by atoms with Crippen molar-refractivity contribution in [1.82, 2.24) is 10.2 Å². The lowest BCUT2D eigenvalue weighted by Crippen LogP contribution is -2.48. The van der Waals surface area contributed by atoms with Crippen LogP contribution in [-0.2, 0) is 18.0 Å². The van der Waals surface area contributed by atoms with Crippen LogP contribution in [-0.4, -0.2) is 72.4 Å². The predicted molar refractivity (Wildman–Crippen MR) is 85.8 cm³/mol. The van der Waals surface area contributed by atoms with Crippen LogP contribution in [0.15, 0.2) is 0 Å². The molecule has 0 saturated carbocycles. The van der Waals surface area contributed by atoms with E-state index in [1.165, 1.54) is 0 Å². The minimum atomic E-state index is -2.59. The number of morpholine rings is 1. The maximum absolute atomic E-state index is 12.0. The maximum Gasteiger partial charge on any atom is 0.500 e. The van der Waals surface area contributed by atoms with Gasteiger partial charge in [-0.3, -0.25) is 0 Å². The molecule has 0 unspecified atom stereocenters. The summed E-state index contributed by atoms with van der Waals surface area (Å²) in [4.78, 5) is 13.8. The second-order valence-electron chi connectivity index (χ2n) is 4.92. The van der Waals surface area contributed by atoms with Crippen LogP contribution >= 0.6 is 0 Å². The van der Waals surface area contributed by atoms with Crippen LogP contribution < -0.4 is 5.32 Å². The van der Waals surface area contributed by atoms with Gasteiger partial charge in [-0.1, -0.05) is 0 Å². The van der Waals surface area contributed by atoms with Crippen molar-refractivity contribution in [2.75, 3.05) is 52.7 Å². The first-order valence-corrected chi connectivity index (χ1v) is 10.1. The molecule has 1 aliphatic rings. The average molecular weight is 334 g/mol. The Morgan fingerprint density at radius 2 is 1.64 bits per heavy atom. The third-order valence-corrected chi connectivity index (χ3v) is 6.48. The lowest BCUT2D eigenvalue weighted by atomic mass is 10.4. The number of nitrogens with one attached hydrogen (secondary N) is 1. The summed E-state index contributed by atoms with van der Waals surface area (Å²) in [6, 6.07) is 0.686. The second kappa shape index (κ2) is 11.0. The van der Waals surface area contributed by atoms with Crippen molar-refractivity contribution in [3.63, 3.8) is 0 Å². The maximum atomic E-state index is 12.0.